The van der Waals surface area contributed by atoms with E-state index in [1.807, 2.05) is 0 Å². The van der Waals surface area contributed by atoms with Gasteiger partial charge in [0.25, 0.3) is 0 Å². The predicted octanol–water partition coefficient (Wildman–Crippen LogP) is 1.20. The highest BCUT2D eigenvalue weighted by atomic mass is 19.1. The summed E-state index contributed by atoms with van der Waals surface area (Å²) in [6, 6.07) is 1.55. The third-order valence-corrected chi connectivity index (χ3v) is 3.26. The molecule has 0 saturated carbocycles. The van der Waals surface area contributed by atoms with Gasteiger partial charge >= 0.3 is 5.97 Å². The van der Waals surface area contributed by atoms with Gasteiger partial charge < -0.3 is 10.4 Å². The summed E-state index contributed by atoms with van der Waals surface area (Å²) in [5.41, 5.74) is -1.40. The molecular weight excluding hydrogens is 244 g/mol. The highest BCUT2D eigenvalue weighted by Gasteiger charge is 2.49. The number of halogens is 2. The number of carbonyl (C=O) groups excluding carboxylic acids is 1. The number of rotatable bonds is 2. The van der Waals surface area contributed by atoms with Gasteiger partial charge in [-0.1, -0.05) is 6.92 Å². The van der Waals surface area contributed by atoms with Crippen LogP contribution >= 0.6 is 0 Å². The van der Waals surface area contributed by atoms with Crippen molar-refractivity contribution >= 4 is 11.9 Å². The van der Waals surface area contributed by atoms with Crippen LogP contribution in [0.4, 0.5) is 8.78 Å². The van der Waals surface area contributed by atoms with Gasteiger partial charge in [0, 0.05) is 11.8 Å². The van der Waals surface area contributed by atoms with Gasteiger partial charge in [-0.25, -0.2) is 13.6 Å². The SMILES string of the molecule is CC1(c2cc(F)ccc2F)CC(=O)NC1C(=O)O. The molecule has 0 radical (unpaired) electrons. The van der Waals surface area contributed by atoms with Crippen LogP contribution in [0.25, 0.3) is 0 Å². The maximum absolute atomic E-state index is 13.7. The molecule has 4 nitrogen and oxygen atoms in total. The summed E-state index contributed by atoms with van der Waals surface area (Å²) in [5.74, 6) is -3.15. The number of benzene rings is 1. The maximum Gasteiger partial charge on any atom is 0.327 e. The minimum atomic E-state index is -1.30. The molecule has 1 aliphatic heterocycles. The average molecular weight is 255 g/mol. The van der Waals surface area contributed by atoms with Gasteiger partial charge in [-0.2, -0.15) is 0 Å². The molecule has 0 bridgehead atoms. The Bertz CT molecular complexity index is 532. The van der Waals surface area contributed by atoms with E-state index in [0.29, 0.717) is 0 Å². The molecule has 2 rings (SSSR count). The van der Waals surface area contributed by atoms with Crippen molar-refractivity contribution in [3.05, 3.63) is 35.4 Å². The first-order chi connectivity index (χ1) is 8.34. The summed E-state index contributed by atoms with van der Waals surface area (Å²) in [6.45, 7) is 1.43. The minimum absolute atomic E-state index is 0.103. The fourth-order valence-electron chi connectivity index (χ4n) is 2.33. The summed E-state index contributed by atoms with van der Waals surface area (Å²) in [6.07, 6.45) is -0.190. The molecule has 2 unspecified atom stereocenters. The summed E-state index contributed by atoms with van der Waals surface area (Å²) in [5, 5.41) is 11.3. The highest BCUT2D eigenvalue weighted by molar-refractivity contribution is 5.90. The normalized spacial score (nSPS) is 27.1. The summed E-state index contributed by atoms with van der Waals surface area (Å²) >= 11 is 0. The van der Waals surface area contributed by atoms with Crippen LogP contribution in [-0.4, -0.2) is 23.0 Å². The number of aliphatic carboxylic acids is 1. The highest BCUT2D eigenvalue weighted by Crippen LogP contribution is 2.37. The van der Waals surface area contributed by atoms with Crippen molar-refractivity contribution < 1.29 is 23.5 Å². The van der Waals surface area contributed by atoms with Crippen molar-refractivity contribution in [1.82, 2.24) is 5.32 Å². The Morgan fingerprint density at radius 3 is 2.78 bits per heavy atom. The van der Waals surface area contributed by atoms with Gasteiger partial charge in [0.2, 0.25) is 5.91 Å². The standard InChI is InChI=1S/C12H11F2NO3/c1-12(5-9(16)15-10(12)11(17)18)7-4-6(13)2-3-8(7)14/h2-4,10H,5H2,1H3,(H,15,16)(H,17,18). The van der Waals surface area contributed by atoms with Crippen LogP contribution in [0.1, 0.15) is 18.9 Å². The first kappa shape index (κ1) is 12.5. The molecule has 1 fully saturated rings. The van der Waals surface area contributed by atoms with Gasteiger partial charge in [0.15, 0.2) is 0 Å². The Labute approximate surface area is 102 Å². The molecule has 1 aromatic carbocycles. The topological polar surface area (TPSA) is 66.4 Å². The van der Waals surface area contributed by atoms with E-state index >= 15 is 0 Å². The van der Waals surface area contributed by atoms with E-state index in [-0.39, 0.29) is 12.0 Å². The Morgan fingerprint density at radius 1 is 1.50 bits per heavy atom. The molecule has 2 atom stereocenters. The van der Waals surface area contributed by atoms with Crippen LogP contribution < -0.4 is 5.32 Å². The molecule has 1 aliphatic rings. The number of hydrogen-bond donors (Lipinski definition) is 2. The molecule has 1 aromatic rings. The zero-order valence-electron chi connectivity index (χ0n) is 9.54. The summed E-state index contributed by atoms with van der Waals surface area (Å²) < 4.78 is 26.9. The molecule has 1 saturated heterocycles. The lowest BCUT2D eigenvalue weighted by Gasteiger charge is -2.28. The zero-order valence-corrected chi connectivity index (χ0v) is 9.54. The largest absolute Gasteiger partial charge is 0.480 e. The second-order valence-corrected chi connectivity index (χ2v) is 4.56. The van der Waals surface area contributed by atoms with Crippen LogP contribution in [-0.2, 0) is 15.0 Å². The molecule has 0 aromatic heterocycles. The number of nitrogens with one attached hydrogen (secondary N) is 1. The number of carboxylic acid groups (broad SMARTS) is 1. The van der Waals surface area contributed by atoms with Gasteiger partial charge in [-0.15, -0.1) is 0 Å². The van der Waals surface area contributed by atoms with Crippen LogP contribution in [0.15, 0.2) is 18.2 Å². The zero-order chi connectivity index (χ0) is 13.5. The number of hydrogen-bond acceptors (Lipinski definition) is 2. The summed E-state index contributed by atoms with van der Waals surface area (Å²) in [7, 11) is 0. The van der Waals surface area contributed by atoms with Crippen molar-refractivity contribution in [3.63, 3.8) is 0 Å². The second kappa shape index (κ2) is 4.04. The lowest BCUT2D eigenvalue weighted by atomic mass is 9.75. The van der Waals surface area contributed by atoms with Crippen molar-refractivity contribution in [2.75, 3.05) is 0 Å². The van der Waals surface area contributed by atoms with Gasteiger partial charge in [-0.3, -0.25) is 4.79 Å². The molecule has 18 heavy (non-hydrogen) atoms. The predicted molar refractivity (Wildman–Crippen MR) is 57.9 cm³/mol. The van der Waals surface area contributed by atoms with E-state index in [1.165, 1.54) is 6.92 Å². The fourth-order valence-corrected chi connectivity index (χ4v) is 2.33. The molecule has 1 heterocycles. The van der Waals surface area contributed by atoms with Crippen molar-refractivity contribution in [1.29, 1.82) is 0 Å². The lowest BCUT2D eigenvalue weighted by molar-refractivity contribution is -0.141. The third-order valence-electron chi connectivity index (χ3n) is 3.26. The Balaban J connectivity index is 2.55. The maximum atomic E-state index is 13.7. The molecular formula is C12H11F2NO3. The molecule has 1 amide bonds. The first-order valence-corrected chi connectivity index (χ1v) is 5.32. The lowest BCUT2D eigenvalue weighted by Crippen LogP contribution is -2.45. The van der Waals surface area contributed by atoms with Crippen LogP contribution in [0, 0.1) is 11.6 Å². The number of amides is 1. The molecule has 96 valence electrons. The van der Waals surface area contributed by atoms with Crippen molar-refractivity contribution in [2.45, 2.75) is 24.8 Å². The fraction of sp³-hybridized carbons (Fsp3) is 0.333. The minimum Gasteiger partial charge on any atom is -0.480 e. The van der Waals surface area contributed by atoms with E-state index in [9.17, 15) is 18.4 Å². The molecule has 0 spiro atoms. The Kier molecular flexibility index (Phi) is 2.80. The Hall–Kier alpha value is -1.98. The molecule has 2 N–H and O–H groups in total. The van der Waals surface area contributed by atoms with Gasteiger partial charge in [0.05, 0.1) is 0 Å². The van der Waals surface area contributed by atoms with Gasteiger partial charge in [-0.05, 0) is 23.8 Å². The Morgan fingerprint density at radius 2 is 2.17 bits per heavy atom. The van der Waals surface area contributed by atoms with Crippen LogP contribution in [0.5, 0.6) is 0 Å². The summed E-state index contributed by atoms with van der Waals surface area (Å²) in [4.78, 5) is 22.5. The van der Waals surface area contributed by atoms with Gasteiger partial charge in [0.1, 0.15) is 17.7 Å². The average Bonchev–Trinajstić information content (AvgIpc) is 2.59. The van der Waals surface area contributed by atoms with E-state index < -0.39 is 35.0 Å². The van der Waals surface area contributed by atoms with Crippen molar-refractivity contribution in [3.8, 4) is 0 Å². The smallest absolute Gasteiger partial charge is 0.327 e. The number of carboxylic acids is 1. The van der Waals surface area contributed by atoms with E-state index in [4.69, 9.17) is 5.11 Å². The monoisotopic (exact) mass is 255 g/mol. The quantitative estimate of drug-likeness (QED) is 0.834. The molecule has 6 heteroatoms. The van der Waals surface area contributed by atoms with Crippen molar-refractivity contribution in [2.24, 2.45) is 0 Å². The number of carbonyl (C=O) groups is 2. The first-order valence-electron chi connectivity index (χ1n) is 5.32. The van der Waals surface area contributed by atoms with Crippen LogP contribution in [0.2, 0.25) is 0 Å². The molecule has 0 aliphatic carbocycles. The van der Waals surface area contributed by atoms with E-state index in [1.54, 1.807) is 0 Å². The van der Waals surface area contributed by atoms with E-state index in [0.717, 1.165) is 18.2 Å². The van der Waals surface area contributed by atoms with E-state index in [2.05, 4.69) is 5.32 Å². The van der Waals surface area contributed by atoms with Crippen LogP contribution in [0.3, 0.4) is 0 Å². The second-order valence-electron chi connectivity index (χ2n) is 4.56. The third kappa shape index (κ3) is 1.83.